The number of hydrogen-bond acceptors (Lipinski definition) is 8. The van der Waals surface area contributed by atoms with Crippen LogP contribution in [0.3, 0.4) is 0 Å². The van der Waals surface area contributed by atoms with Crippen LogP contribution in [-0.4, -0.2) is 39.6 Å². The van der Waals surface area contributed by atoms with Gasteiger partial charge in [-0.1, -0.05) is 0 Å². The minimum absolute atomic E-state index is 0.126. The molecule has 4 aromatic rings. The predicted molar refractivity (Wildman–Crippen MR) is 114 cm³/mol. The summed E-state index contributed by atoms with van der Waals surface area (Å²) in [5.74, 6) is 0.0713. The molecule has 0 saturated carbocycles. The highest BCUT2D eigenvalue weighted by Crippen LogP contribution is 2.30. The molecule has 0 aliphatic carbocycles. The molecule has 0 unspecified atom stereocenters. The predicted octanol–water partition coefficient (Wildman–Crippen LogP) is 2.39. The molecule has 3 heterocycles. The summed E-state index contributed by atoms with van der Waals surface area (Å²) in [6.45, 7) is 1.81. The average Bonchev–Trinajstić information content (AvgIpc) is 2.98. The third-order valence-electron chi connectivity index (χ3n) is 4.48. The van der Waals surface area contributed by atoms with Crippen molar-refractivity contribution >= 4 is 43.9 Å². The lowest BCUT2D eigenvalue weighted by Gasteiger charge is -2.13. The number of rotatable bonds is 5. The summed E-state index contributed by atoms with van der Waals surface area (Å²) in [5.41, 5.74) is 1.05. The van der Waals surface area contributed by atoms with Crippen LogP contribution in [-0.2, 0) is 16.9 Å². The van der Waals surface area contributed by atoms with E-state index in [0.717, 1.165) is 24.1 Å². The maximum absolute atomic E-state index is 13.7. The monoisotopic (exact) mass is 443 g/mol. The highest BCUT2D eigenvalue weighted by molar-refractivity contribution is 7.90. The molecule has 0 atom stereocenters. The van der Waals surface area contributed by atoms with Crippen LogP contribution in [0.5, 0.6) is 0 Å². The number of sulfone groups is 1. The van der Waals surface area contributed by atoms with Crippen LogP contribution >= 0.6 is 0 Å². The van der Waals surface area contributed by atoms with Gasteiger partial charge in [-0.05, 0) is 37.3 Å². The molecule has 0 spiro atoms. The van der Waals surface area contributed by atoms with E-state index in [-0.39, 0.29) is 32.9 Å². The van der Waals surface area contributed by atoms with E-state index in [4.69, 9.17) is 0 Å². The van der Waals surface area contributed by atoms with E-state index >= 15 is 0 Å². The van der Waals surface area contributed by atoms with Crippen molar-refractivity contribution in [2.45, 2.75) is 11.8 Å². The molecular formula is C19H18FN7O3S. The smallest absolute Gasteiger partial charge is 0.277 e. The number of benzene rings is 1. The van der Waals surface area contributed by atoms with Crippen molar-refractivity contribution in [3.05, 3.63) is 58.3 Å². The number of hydrogen-bond donors (Lipinski definition) is 3. The van der Waals surface area contributed by atoms with Gasteiger partial charge < -0.3 is 10.6 Å². The van der Waals surface area contributed by atoms with Gasteiger partial charge in [-0.15, -0.1) is 5.10 Å². The molecule has 4 rings (SSSR count). The summed E-state index contributed by atoms with van der Waals surface area (Å²) in [5, 5.41) is 17.0. The molecule has 12 heteroatoms. The van der Waals surface area contributed by atoms with Gasteiger partial charge in [0.2, 0.25) is 0 Å². The van der Waals surface area contributed by atoms with Crippen molar-refractivity contribution in [3.8, 4) is 0 Å². The third-order valence-corrected chi connectivity index (χ3v) is 5.61. The van der Waals surface area contributed by atoms with Crippen LogP contribution in [0.2, 0.25) is 0 Å². The third kappa shape index (κ3) is 4.10. The molecule has 0 aliphatic rings. The number of nitrogens with zero attached hydrogens (tertiary/aromatic N) is 4. The zero-order chi connectivity index (χ0) is 22.3. The van der Waals surface area contributed by atoms with Crippen molar-refractivity contribution in [1.82, 2.24) is 25.0 Å². The SMILES string of the molecule is Cc1ccc(Nc2cc(Nc3ccc(F)cc3S(C)(=O)=O)c3c(=O)n(C)[nH]c3n2)nn1. The number of anilines is 4. The molecular weight excluding hydrogens is 425 g/mol. The lowest BCUT2D eigenvalue weighted by molar-refractivity contribution is 0.596. The number of H-pyrrole nitrogens is 1. The maximum Gasteiger partial charge on any atom is 0.277 e. The van der Waals surface area contributed by atoms with Gasteiger partial charge in [0.1, 0.15) is 17.0 Å². The van der Waals surface area contributed by atoms with Crippen LogP contribution < -0.4 is 16.2 Å². The van der Waals surface area contributed by atoms with Gasteiger partial charge in [0.15, 0.2) is 21.3 Å². The number of aryl methyl sites for hydroxylation is 2. The molecule has 160 valence electrons. The van der Waals surface area contributed by atoms with Crippen LogP contribution in [0.15, 0.2) is 46.1 Å². The van der Waals surface area contributed by atoms with E-state index in [1.54, 1.807) is 19.1 Å². The molecule has 0 radical (unpaired) electrons. The topological polar surface area (TPSA) is 135 Å². The van der Waals surface area contributed by atoms with Crippen molar-refractivity contribution in [1.29, 1.82) is 0 Å². The first-order chi connectivity index (χ1) is 14.6. The molecule has 3 N–H and O–H groups in total. The Morgan fingerprint density at radius 1 is 1.03 bits per heavy atom. The standard InChI is InChI=1S/C19H18FN7O3S/c1-10-4-7-15(25-24-10)22-16-9-13(17-18(23-16)26-27(2)19(17)28)21-12-6-5-11(20)8-14(12)31(3,29)30/h4-9H,1-3H3,(H3,21,22,23,25,26). The second kappa shape index (κ2) is 7.47. The molecule has 0 fully saturated rings. The number of halogens is 1. The van der Waals surface area contributed by atoms with Crippen molar-refractivity contribution < 1.29 is 12.8 Å². The Balaban J connectivity index is 1.85. The van der Waals surface area contributed by atoms with Crippen molar-refractivity contribution in [3.63, 3.8) is 0 Å². The zero-order valence-corrected chi connectivity index (χ0v) is 17.6. The zero-order valence-electron chi connectivity index (χ0n) is 16.8. The molecule has 3 aromatic heterocycles. The fourth-order valence-electron chi connectivity index (χ4n) is 3.03. The molecule has 0 amide bonds. The highest BCUT2D eigenvalue weighted by atomic mass is 32.2. The first-order valence-electron chi connectivity index (χ1n) is 9.05. The molecule has 0 saturated heterocycles. The van der Waals surface area contributed by atoms with Gasteiger partial charge in [0.05, 0.1) is 22.0 Å². The summed E-state index contributed by atoms with van der Waals surface area (Å²) >= 11 is 0. The summed E-state index contributed by atoms with van der Waals surface area (Å²) in [7, 11) is -2.21. The van der Waals surface area contributed by atoms with Crippen LogP contribution in [0.4, 0.5) is 27.4 Å². The molecule has 31 heavy (non-hydrogen) atoms. The Bertz CT molecular complexity index is 1460. The number of nitrogens with one attached hydrogen (secondary N) is 3. The Morgan fingerprint density at radius 2 is 1.81 bits per heavy atom. The van der Waals surface area contributed by atoms with Gasteiger partial charge in [-0.25, -0.2) is 17.8 Å². The fraction of sp³-hybridized carbons (Fsp3) is 0.158. The normalized spacial score (nSPS) is 11.6. The van der Waals surface area contributed by atoms with Gasteiger partial charge >= 0.3 is 0 Å². The highest BCUT2D eigenvalue weighted by Gasteiger charge is 2.18. The van der Waals surface area contributed by atoms with Gasteiger partial charge in [-0.2, -0.15) is 5.10 Å². The lowest BCUT2D eigenvalue weighted by Crippen LogP contribution is -2.12. The Kier molecular flexibility index (Phi) is 4.93. The van der Waals surface area contributed by atoms with E-state index in [9.17, 15) is 17.6 Å². The lowest BCUT2D eigenvalue weighted by atomic mass is 10.2. The van der Waals surface area contributed by atoms with Gasteiger partial charge in [0.25, 0.3) is 5.56 Å². The Hall–Kier alpha value is -3.80. The first-order valence-corrected chi connectivity index (χ1v) is 10.9. The van der Waals surface area contributed by atoms with Gasteiger partial charge in [-0.3, -0.25) is 14.6 Å². The van der Waals surface area contributed by atoms with Crippen LogP contribution in [0.25, 0.3) is 11.0 Å². The van der Waals surface area contributed by atoms with Gasteiger partial charge in [0, 0.05) is 19.4 Å². The minimum atomic E-state index is -3.74. The second-order valence-corrected chi connectivity index (χ2v) is 8.96. The number of fused-ring (bicyclic) bond motifs is 1. The van der Waals surface area contributed by atoms with E-state index < -0.39 is 15.7 Å². The van der Waals surface area contributed by atoms with Crippen molar-refractivity contribution in [2.24, 2.45) is 7.05 Å². The van der Waals surface area contributed by atoms with E-state index in [1.807, 2.05) is 0 Å². The largest absolute Gasteiger partial charge is 0.354 e. The van der Waals surface area contributed by atoms with E-state index in [2.05, 4.69) is 30.9 Å². The van der Waals surface area contributed by atoms with Crippen LogP contribution in [0.1, 0.15) is 5.69 Å². The van der Waals surface area contributed by atoms with E-state index in [1.165, 1.54) is 23.9 Å². The number of aromatic nitrogens is 5. The first kappa shape index (κ1) is 20.5. The van der Waals surface area contributed by atoms with Crippen LogP contribution in [0, 0.1) is 12.7 Å². The summed E-state index contributed by atoms with van der Waals surface area (Å²) < 4.78 is 39.2. The molecule has 10 nitrogen and oxygen atoms in total. The second-order valence-electron chi connectivity index (χ2n) is 6.98. The maximum atomic E-state index is 13.7. The molecule has 0 bridgehead atoms. The molecule has 1 aromatic carbocycles. The van der Waals surface area contributed by atoms with Crippen molar-refractivity contribution in [2.75, 3.05) is 16.9 Å². The fourth-order valence-corrected chi connectivity index (χ4v) is 3.88. The Morgan fingerprint density at radius 3 is 2.48 bits per heavy atom. The Labute approximate surface area is 176 Å². The summed E-state index contributed by atoms with van der Waals surface area (Å²) in [6.07, 6.45) is 0.980. The number of pyridine rings is 1. The van der Waals surface area contributed by atoms with E-state index in [0.29, 0.717) is 11.6 Å². The average molecular weight is 443 g/mol. The summed E-state index contributed by atoms with van der Waals surface area (Å²) in [6, 6.07) is 8.38. The minimum Gasteiger partial charge on any atom is -0.354 e. The summed E-state index contributed by atoms with van der Waals surface area (Å²) in [4.78, 5) is 16.8. The quantitative estimate of drug-likeness (QED) is 0.428. The molecule has 0 aliphatic heterocycles. The number of aromatic amines is 1.